The van der Waals surface area contributed by atoms with Gasteiger partial charge in [-0.15, -0.1) is 0 Å². The van der Waals surface area contributed by atoms with Gasteiger partial charge in [-0.2, -0.15) is 0 Å². The predicted octanol–water partition coefficient (Wildman–Crippen LogP) is 1.69. The number of esters is 1. The van der Waals surface area contributed by atoms with Crippen molar-refractivity contribution < 1.29 is 24.1 Å². The third-order valence-electron chi connectivity index (χ3n) is 2.32. The minimum atomic E-state index is -0.687. The molecule has 0 unspecified atom stereocenters. The van der Waals surface area contributed by atoms with Crippen molar-refractivity contribution in [2.24, 2.45) is 0 Å². The van der Waals surface area contributed by atoms with Crippen LogP contribution in [0.25, 0.3) is 0 Å². The highest BCUT2D eigenvalue weighted by Gasteiger charge is 2.12. The fourth-order valence-electron chi connectivity index (χ4n) is 1.45. The molecule has 1 rings (SSSR count). The lowest BCUT2D eigenvalue weighted by Crippen LogP contribution is -2.15. The molecule has 0 aliphatic rings. The van der Waals surface area contributed by atoms with Gasteiger partial charge in [0.15, 0.2) is 6.61 Å². The van der Waals surface area contributed by atoms with Crippen molar-refractivity contribution in [1.82, 2.24) is 0 Å². The highest BCUT2D eigenvalue weighted by Crippen LogP contribution is 2.29. The fraction of sp³-hybridized carbons (Fsp3) is 0.462. The zero-order chi connectivity index (χ0) is 13.5. The summed E-state index contributed by atoms with van der Waals surface area (Å²) < 4.78 is 15.2. The van der Waals surface area contributed by atoms with Crippen LogP contribution in [0.1, 0.15) is 25.5 Å². The number of ether oxygens (including phenoxy) is 3. The van der Waals surface area contributed by atoms with Crippen LogP contribution in [0.5, 0.6) is 11.5 Å². The van der Waals surface area contributed by atoms with Gasteiger partial charge in [0.25, 0.3) is 0 Å². The molecule has 0 fully saturated rings. The molecule has 0 radical (unpaired) electrons. The lowest BCUT2D eigenvalue weighted by Gasteiger charge is -2.14. The van der Waals surface area contributed by atoms with Crippen LogP contribution in [0.4, 0.5) is 0 Å². The van der Waals surface area contributed by atoms with E-state index in [0.717, 1.165) is 0 Å². The molecular weight excluding hydrogens is 236 g/mol. The number of methoxy groups -OCH3 is 1. The van der Waals surface area contributed by atoms with E-state index in [9.17, 15) is 9.90 Å². The van der Waals surface area contributed by atoms with Gasteiger partial charge in [-0.3, -0.25) is 0 Å². The molecule has 5 nitrogen and oxygen atoms in total. The van der Waals surface area contributed by atoms with Crippen LogP contribution in [0.15, 0.2) is 18.2 Å². The average molecular weight is 254 g/mol. The van der Waals surface area contributed by atoms with E-state index >= 15 is 0 Å². The van der Waals surface area contributed by atoms with Crippen molar-refractivity contribution in [2.45, 2.75) is 20.0 Å². The predicted molar refractivity (Wildman–Crippen MR) is 65.8 cm³/mol. The van der Waals surface area contributed by atoms with Crippen LogP contribution >= 0.6 is 0 Å². The lowest BCUT2D eigenvalue weighted by atomic mass is 10.1. The third kappa shape index (κ3) is 3.92. The Kier molecular flexibility index (Phi) is 5.45. The van der Waals surface area contributed by atoms with E-state index in [1.807, 2.05) is 0 Å². The monoisotopic (exact) mass is 254 g/mol. The number of hydrogen-bond donors (Lipinski definition) is 1. The molecule has 0 heterocycles. The van der Waals surface area contributed by atoms with E-state index < -0.39 is 12.1 Å². The standard InChI is InChI=1S/C13H18O5/c1-4-17-13(15)8-18-12-7-10(16-3)5-6-11(12)9(2)14/h5-7,9,14H,4,8H2,1-3H3/t9-/m1/s1. The molecule has 100 valence electrons. The molecule has 0 saturated carbocycles. The minimum Gasteiger partial charge on any atom is -0.497 e. The average Bonchev–Trinajstić information content (AvgIpc) is 2.36. The first-order chi connectivity index (χ1) is 8.58. The molecular formula is C13H18O5. The van der Waals surface area contributed by atoms with Gasteiger partial charge in [0.2, 0.25) is 0 Å². The maximum Gasteiger partial charge on any atom is 0.344 e. The van der Waals surface area contributed by atoms with Crippen molar-refractivity contribution in [3.8, 4) is 11.5 Å². The summed E-state index contributed by atoms with van der Waals surface area (Å²) in [5.74, 6) is 0.563. The Morgan fingerprint density at radius 1 is 1.44 bits per heavy atom. The molecule has 0 bridgehead atoms. The summed E-state index contributed by atoms with van der Waals surface area (Å²) in [6.45, 7) is 3.47. The smallest absolute Gasteiger partial charge is 0.344 e. The topological polar surface area (TPSA) is 65.0 Å². The largest absolute Gasteiger partial charge is 0.497 e. The first-order valence-corrected chi connectivity index (χ1v) is 5.73. The van der Waals surface area contributed by atoms with E-state index in [-0.39, 0.29) is 6.61 Å². The van der Waals surface area contributed by atoms with Gasteiger partial charge in [0.05, 0.1) is 19.8 Å². The van der Waals surface area contributed by atoms with Gasteiger partial charge in [-0.25, -0.2) is 4.79 Å². The molecule has 1 N–H and O–H groups in total. The van der Waals surface area contributed by atoms with Crippen molar-refractivity contribution >= 4 is 5.97 Å². The molecule has 0 amide bonds. The Morgan fingerprint density at radius 2 is 2.17 bits per heavy atom. The van der Waals surface area contributed by atoms with Crippen LogP contribution in [-0.2, 0) is 9.53 Å². The summed E-state index contributed by atoms with van der Waals surface area (Å²) in [7, 11) is 1.53. The summed E-state index contributed by atoms with van der Waals surface area (Å²) in [6.07, 6.45) is -0.687. The van der Waals surface area contributed by atoms with E-state index in [0.29, 0.717) is 23.7 Å². The number of carbonyl (C=O) groups excluding carboxylic acids is 1. The minimum absolute atomic E-state index is 0.194. The van der Waals surface area contributed by atoms with Gasteiger partial charge < -0.3 is 19.3 Å². The zero-order valence-corrected chi connectivity index (χ0v) is 10.8. The molecule has 1 atom stereocenters. The van der Waals surface area contributed by atoms with Crippen LogP contribution in [0.3, 0.4) is 0 Å². The maximum atomic E-state index is 11.2. The fourth-order valence-corrected chi connectivity index (χ4v) is 1.45. The first kappa shape index (κ1) is 14.3. The SMILES string of the molecule is CCOC(=O)COc1cc(OC)ccc1[C@@H](C)O. The highest BCUT2D eigenvalue weighted by molar-refractivity contribution is 5.71. The Bertz CT molecular complexity index is 400. The molecule has 0 aliphatic heterocycles. The quantitative estimate of drug-likeness (QED) is 0.782. The lowest BCUT2D eigenvalue weighted by molar-refractivity contribution is -0.145. The second-order valence-electron chi connectivity index (χ2n) is 3.67. The Morgan fingerprint density at radius 3 is 2.72 bits per heavy atom. The Labute approximate surface area is 106 Å². The molecule has 0 aromatic heterocycles. The summed E-state index contributed by atoms with van der Waals surface area (Å²) in [5, 5.41) is 9.60. The second-order valence-corrected chi connectivity index (χ2v) is 3.67. The molecule has 0 aliphatic carbocycles. The van der Waals surface area contributed by atoms with E-state index in [4.69, 9.17) is 14.2 Å². The van der Waals surface area contributed by atoms with E-state index in [1.165, 1.54) is 7.11 Å². The van der Waals surface area contributed by atoms with Crippen LogP contribution < -0.4 is 9.47 Å². The molecule has 0 saturated heterocycles. The van der Waals surface area contributed by atoms with Gasteiger partial charge in [0, 0.05) is 11.6 Å². The summed E-state index contributed by atoms with van der Waals surface area (Å²) in [4.78, 5) is 11.2. The highest BCUT2D eigenvalue weighted by atomic mass is 16.6. The molecule has 0 spiro atoms. The van der Waals surface area contributed by atoms with Gasteiger partial charge in [-0.05, 0) is 26.0 Å². The molecule has 1 aromatic rings. The van der Waals surface area contributed by atoms with E-state index in [2.05, 4.69) is 0 Å². The number of aliphatic hydroxyl groups is 1. The van der Waals surface area contributed by atoms with E-state index in [1.54, 1.807) is 32.0 Å². The maximum absolute atomic E-state index is 11.2. The van der Waals surface area contributed by atoms with Crippen molar-refractivity contribution in [3.63, 3.8) is 0 Å². The first-order valence-electron chi connectivity index (χ1n) is 5.73. The molecule has 1 aromatic carbocycles. The summed E-state index contributed by atoms with van der Waals surface area (Å²) in [6, 6.07) is 5.05. The summed E-state index contributed by atoms with van der Waals surface area (Å²) in [5.41, 5.74) is 0.597. The van der Waals surface area contributed by atoms with Crippen LogP contribution in [0.2, 0.25) is 0 Å². The van der Waals surface area contributed by atoms with Crippen molar-refractivity contribution in [2.75, 3.05) is 20.3 Å². The Hall–Kier alpha value is -1.75. The number of benzene rings is 1. The van der Waals surface area contributed by atoms with Crippen LogP contribution in [-0.4, -0.2) is 31.4 Å². The van der Waals surface area contributed by atoms with Gasteiger partial charge >= 0.3 is 5.97 Å². The second kappa shape index (κ2) is 6.86. The Balaban J connectivity index is 2.80. The normalized spacial score (nSPS) is 11.8. The summed E-state index contributed by atoms with van der Waals surface area (Å²) >= 11 is 0. The molecule has 5 heteroatoms. The molecule has 18 heavy (non-hydrogen) atoms. The number of rotatable bonds is 6. The third-order valence-corrected chi connectivity index (χ3v) is 2.32. The van der Waals surface area contributed by atoms with Crippen molar-refractivity contribution in [1.29, 1.82) is 0 Å². The number of carbonyl (C=O) groups is 1. The number of hydrogen-bond acceptors (Lipinski definition) is 5. The van der Waals surface area contributed by atoms with Gasteiger partial charge in [0.1, 0.15) is 11.5 Å². The van der Waals surface area contributed by atoms with Crippen molar-refractivity contribution in [3.05, 3.63) is 23.8 Å². The number of aliphatic hydroxyl groups excluding tert-OH is 1. The van der Waals surface area contributed by atoms with Gasteiger partial charge in [-0.1, -0.05) is 0 Å². The van der Waals surface area contributed by atoms with Crippen LogP contribution in [0, 0.1) is 0 Å². The zero-order valence-electron chi connectivity index (χ0n) is 10.8.